The summed E-state index contributed by atoms with van der Waals surface area (Å²) in [5, 5.41) is 3.01. The van der Waals surface area contributed by atoms with Crippen LogP contribution in [0.4, 0.5) is 5.69 Å². The van der Waals surface area contributed by atoms with Crippen LogP contribution in [0.15, 0.2) is 41.3 Å². The van der Waals surface area contributed by atoms with Gasteiger partial charge in [-0.2, -0.15) is 0 Å². The molecule has 0 unspecified atom stereocenters. The van der Waals surface area contributed by atoms with Gasteiger partial charge in [0.25, 0.3) is 5.91 Å². The maximum absolute atomic E-state index is 12.7. The third-order valence-corrected chi connectivity index (χ3v) is 6.62. The predicted octanol–water partition coefficient (Wildman–Crippen LogP) is 3.83. The Bertz CT molecular complexity index is 1000. The van der Waals surface area contributed by atoms with Crippen LogP contribution in [0.1, 0.15) is 36.0 Å². The van der Waals surface area contributed by atoms with E-state index in [9.17, 15) is 13.2 Å². The minimum Gasteiger partial charge on any atom is -0.495 e. The number of carbonyl (C=O) groups is 1. The molecule has 9 heteroatoms. The van der Waals surface area contributed by atoms with Crippen LogP contribution in [-0.4, -0.2) is 34.6 Å². The van der Waals surface area contributed by atoms with E-state index in [0.717, 1.165) is 25.7 Å². The third-order valence-electron chi connectivity index (χ3n) is 4.81. The molecular weight excluding hydrogens is 416 g/mol. The number of nitrogens with one attached hydrogen (secondary N) is 2. The molecule has 156 valence electrons. The maximum Gasteiger partial charge on any atom is 0.255 e. The summed E-state index contributed by atoms with van der Waals surface area (Å²) in [6.45, 7) is 0. The first-order valence-electron chi connectivity index (χ1n) is 9.19. The molecule has 0 heterocycles. The van der Waals surface area contributed by atoms with Gasteiger partial charge in [0.05, 0.1) is 29.8 Å². The molecule has 1 saturated carbocycles. The Labute approximate surface area is 175 Å². The summed E-state index contributed by atoms with van der Waals surface area (Å²) < 4.78 is 38.4. The van der Waals surface area contributed by atoms with Crippen molar-refractivity contribution in [2.45, 2.75) is 36.6 Å². The van der Waals surface area contributed by atoms with Gasteiger partial charge in [-0.1, -0.05) is 30.5 Å². The van der Waals surface area contributed by atoms with Crippen LogP contribution in [0.5, 0.6) is 11.5 Å². The van der Waals surface area contributed by atoms with E-state index in [4.69, 9.17) is 21.1 Å². The molecule has 2 aromatic rings. The molecule has 0 bridgehead atoms. The Balaban J connectivity index is 1.82. The van der Waals surface area contributed by atoms with Crippen LogP contribution in [0, 0.1) is 0 Å². The lowest BCUT2D eigenvalue weighted by Crippen LogP contribution is -2.32. The lowest BCUT2D eigenvalue weighted by molar-refractivity contribution is 0.102. The minimum atomic E-state index is -3.69. The number of anilines is 1. The van der Waals surface area contributed by atoms with Gasteiger partial charge in [-0.15, -0.1) is 0 Å². The quantitative estimate of drug-likeness (QED) is 0.685. The van der Waals surface area contributed by atoms with E-state index in [1.54, 1.807) is 12.1 Å². The first kappa shape index (κ1) is 21.4. The number of carbonyl (C=O) groups excluding carboxylic acids is 1. The monoisotopic (exact) mass is 438 g/mol. The summed E-state index contributed by atoms with van der Waals surface area (Å²) >= 11 is 6.13. The smallest absolute Gasteiger partial charge is 0.255 e. The van der Waals surface area contributed by atoms with Crippen molar-refractivity contribution in [1.29, 1.82) is 0 Å². The van der Waals surface area contributed by atoms with Crippen molar-refractivity contribution in [3.63, 3.8) is 0 Å². The van der Waals surface area contributed by atoms with E-state index in [-0.39, 0.29) is 16.5 Å². The third kappa shape index (κ3) is 5.01. The highest BCUT2D eigenvalue weighted by molar-refractivity contribution is 7.89. The van der Waals surface area contributed by atoms with E-state index in [0.29, 0.717) is 22.2 Å². The van der Waals surface area contributed by atoms with Gasteiger partial charge >= 0.3 is 0 Å². The number of sulfonamides is 1. The lowest BCUT2D eigenvalue weighted by atomic mass is 10.2. The summed E-state index contributed by atoms with van der Waals surface area (Å²) in [5.74, 6) is 0.293. The highest BCUT2D eigenvalue weighted by atomic mass is 35.5. The topological polar surface area (TPSA) is 93.7 Å². The van der Waals surface area contributed by atoms with Crippen LogP contribution in [0.25, 0.3) is 0 Å². The second-order valence-corrected chi connectivity index (χ2v) is 8.89. The normalized spacial score (nSPS) is 14.6. The van der Waals surface area contributed by atoms with Crippen molar-refractivity contribution >= 4 is 33.2 Å². The summed E-state index contributed by atoms with van der Waals surface area (Å²) in [6, 6.07) is 8.92. The largest absolute Gasteiger partial charge is 0.495 e. The minimum absolute atomic E-state index is 0.0526. The summed E-state index contributed by atoms with van der Waals surface area (Å²) in [7, 11) is -0.758. The average molecular weight is 439 g/mol. The molecule has 0 aliphatic heterocycles. The molecule has 0 saturated heterocycles. The van der Waals surface area contributed by atoms with Crippen molar-refractivity contribution in [3.05, 3.63) is 47.0 Å². The van der Waals surface area contributed by atoms with Crippen LogP contribution >= 0.6 is 11.6 Å². The fourth-order valence-electron chi connectivity index (χ4n) is 3.29. The van der Waals surface area contributed by atoms with E-state index in [1.165, 1.54) is 38.5 Å². The van der Waals surface area contributed by atoms with Crippen LogP contribution < -0.4 is 19.5 Å². The Kier molecular flexibility index (Phi) is 6.66. The van der Waals surface area contributed by atoms with Crippen molar-refractivity contribution in [2.75, 3.05) is 19.5 Å². The number of rotatable bonds is 7. The molecule has 1 aliphatic rings. The predicted molar refractivity (Wildman–Crippen MR) is 112 cm³/mol. The zero-order valence-electron chi connectivity index (χ0n) is 16.2. The summed E-state index contributed by atoms with van der Waals surface area (Å²) in [5.41, 5.74) is 0.550. The molecule has 2 N–H and O–H groups in total. The van der Waals surface area contributed by atoms with Gasteiger partial charge in [0.2, 0.25) is 10.0 Å². The SMILES string of the molecule is COc1cc(OC)c(NC(=O)c2cccc(S(=O)(=O)NC3CCCC3)c2)cc1Cl. The molecule has 0 spiro atoms. The number of amides is 1. The molecule has 0 atom stereocenters. The van der Waals surface area contributed by atoms with Gasteiger partial charge in [-0.25, -0.2) is 13.1 Å². The number of methoxy groups -OCH3 is 2. The van der Waals surface area contributed by atoms with E-state index in [2.05, 4.69) is 10.0 Å². The molecule has 29 heavy (non-hydrogen) atoms. The lowest BCUT2D eigenvalue weighted by Gasteiger charge is -2.14. The Morgan fingerprint density at radius 1 is 1.07 bits per heavy atom. The molecule has 0 radical (unpaired) electrons. The zero-order valence-corrected chi connectivity index (χ0v) is 17.8. The van der Waals surface area contributed by atoms with Crippen molar-refractivity contribution in [2.24, 2.45) is 0 Å². The van der Waals surface area contributed by atoms with Gasteiger partial charge in [-0.3, -0.25) is 4.79 Å². The number of halogens is 1. The maximum atomic E-state index is 12.7. The van der Waals surface area contributed by atoms with Gasteiger partial charge in [0.1, 0.15) is 11.5 Å². The average Bonchev–Trinajstić information content (AvgIpc) is 3.20. The molecule has 7 nitrogen and oxygen atoms in total. The van der Waals surface area contributed by atoms with Crippen molar-refractivity contribution < 1.29 is 22.7 Å². The highest BCUT2D eigenvalue weighted by Gasteiger charge is 2.23. The number of hydrogen-bond acceptors (Lipinski definition) is 5. The second-order valence-electron chi connectivity index (χ2n) is 6.77. The molecule has 1 fully saturated rings. The number of hydrogen-bond donors (Lipinski definition) is 2. The highest BCUT2D eigenvalue weighted by Crippen LogP contribution is 2.36. The Morgan fingerprint density at radius 3 is 2.41 bits per heavy atom. The Morgan fingerprint density at radius 2 is 1.76 bits per heavy atom. The van der Waals surface area contributed by atoms with E-state index in [1.807, 2.05) is 0 Å². The number of ether oxygens (including phenoxy) is 2. The molecule has 2 aromatic carbocycles. The zero-order chi connectivity index (χ0) is 21.0. The molecule has 3 rings (SSSR count). The fourth-order valence-corrected chi connectivity index (χ4v) is 4.88. The second kappa shape index (κ2) is 9.02. The van der Waals surface area contributed by atoms with Gasteiger partial charge in [-0.05, 0) is 37.1 Å². The standard InChI is InChI=1S/C20H23ClN2O5S/c1-27-18-12-19(28-2)17(11-16(18)21)22-20(24)13-6-5-9-15(10-13)29(25,26)23-14-7-3-4-8-14/h5-6,9-12,14,23H,3-4,7-8H2,1-2H3,(H,22,24). The number of benzene rings is 2. The molecule has 1 aliphatic carbocycles. The first-order chi connectivity index (χ1) is 13.8. The molecule has 1 amide bonds. The van der Waals surface area contributed by atoms with Crippen LogP contribution in [0.3, 0.4) is 0 Å². The Hall–Kier alpha value is -2.29. The van der Waals surface area contributed by atoms with Gasteiger partial charge in [0.15, 0.2) is 0 Å². The molecular formula is C20H23ClN2O5S. The summed E-state index contributed by atoms with van der Waals surface area (Å²) in [4.78, 5) is 12.8. The van der Waals surface area contributed by atoms with Gasteiger partial charge < -0.3 is 14.8 Å². The molecule has 0 aromatic heterocycles. The van der Waals surface area contributed by atoms with Crippen LogP contribution in [0.2, 0.25) is 5.02 Å². The van der Waals surface area contributed by atoms with Crippen LogP contribution in [-0.2, 0) is 10.0 Å². The van der Waals surface area contributed by atoms with E-state index < -0.39 is 15.9 Å². The van der Waals surface area contributed by atoms with Crippen molar-refractivity contribution in [3.8, 4) is 11.5 Å². The van der Waals surface area contributed by atoms with Crippen molar-refractivity contribution in [1.82, 2.24) is 4.72 Å². The fraction of sp³-hybridized carbons (Fsp3) is 0.350. The first-order valence-corrected chi connectivity index (χ1v) is 11.1. The summed E-state index contributed by atoms with van der Waals surface area (Å²) in [6.07, 6.45) is 3.69. The van der Waals surface area contributed by atoms with E-state index >= 15 is 0 Å². The van der Waals surface area contributed by atoms with Gasteiger partial charge in [0, 0.05) is 17.7 Å².